The van der Waals surface area contributed by atoms with Crippen LogP contribution in [0.4, 0.5) is 0 Å². The number of ether oxygens (including phenoxy) is 2. The molecule has 168 valence electrons. The second-order valence-corrected chi connectivity index (χ2v) is 9.37. The number of nitrogens with zero attached hydrogens (tertiary/aromatic N) is 3. The Hall–Kier alpha value is -2.00. The number of carbonyl (C=O) groups excluding carboxylic acids is 1. The summed E-state index contributed by atoms with van der Waals surface area (Å²) in [6, 6.07) is 9.71. The van der Waals surface area contributed by atoms with Crippen molar-refractivity contribution in [2.24, 2.45) is 0 Å². The Morgan fingerprint density at radius 1 is 1.19 bits per heavy atom. The number of amides is 1. The van der Waals surface area contributed by atoms with E-state index in [0.717, 1.165) is 40.8 Å². The number of morpholine rings is 1. The van der Waals surface area contributed by atoms with E-state index in [9.17, 15) is 9.90 Å². The summed E-state index contributed by atoms with van der Waals surface area (Å²) in [5.74, 6) is 0.956. The van der Waals surface area contributed by atoms with Gasteiger partial charge in [0.1, 0.15) is 23.0 Å². The molecule has 4 rings (SSSR count). The monoisotopic (exact) mass is 445 g/mol. The van der Waals surface area contributed by atoms with Gasteiger partial charge in [-0.05, 0) is 31.9 Å². The van der Waals surface area contributed by atoms with Gasteiger partial charge in [-0.15, -0.1) is 11.3 Å². The van der Waals surface area contributed by atoms with E-state index < -0.39 is 5.60 Å². The maximum absolute atomic E-state index is 12.8. The number of aryl methyl sites for hydroxylation is 1. The van der Waals surface area contributed by atoms with E-state index in [-0.39, 0.29) is 5.91 Å². The van der Waals surface area contributed by atoms with E-state index in [2.05, 4.69) is 9.88 Å². The van der Waals surface area contributed by atoms with Gasteiger partial charge in [-0.2, -0.15) is 0 Å². The second kappa shape index (κ2) is 10.1. The minimum atomic E-state index is -0.992. The molecule has 8 heteroatoms. The molecule has 2 aliphatic heterocycles. The van der Waals surface area contributed by atoms with Crippen molar-refractivity contribution in [1.29, 1.82) is 0 Å². The zero-order valence-corrected chi connectivity index (χ0v) is 18.9. The summed E-state index contributed by atoms with van der Waals surface area (Å²) >= 11 is 1.52. The first-order valence-electron chi connectivity index (χ1n) is 11.0. The number of hydrogen-bond donors (Lipinski definition) is 1. The van der Waals surface area contributed by atoms with Crippen molar-refractivity contribution in [1.82, 2.24) is 14.8 Å². The molecule has 0 radical (unpaired) electrons. The van der Waals surface area contributed by atoms with Gasteiger partial charge in [0, 0.05) is 32.6 Å². The predicted octanol–water partition coefficient (Wildman–Crippen LogP) is 2.56. The Morgan fingerprint density at radius 3 is 2.74 bits per heavy atom. The zero-order chi connectivity index (χ0) is 21.7. The molecule has 2 saturated heterocycles. The number of benzene rings is 1. The maximum atomic E-state index is 12.8. The summed E-state index contributed by atoms with van der Waals surface area (Å²) in [5.41, 5.74) is -0.0946. The highest BCUT2D eigenvalue weighted by Crippen LogP contribution is 2.37. The third-order valence-corrected chi connectivity index (χ3v) is 7.36. The van der Waals surface area contributed by atoms with Crippen LogP contribution in [0.3, 0.4) is 0 Å². The van der Waals surface area contributed by atoms with Gasteiger partial charge in [0.25, 0.3) is 0 Å². The molecule has 1 aromatic carbocycles. The highest BCUT2D eigenvalue weighted by Gasteiger charge is 2.36. The number of aromatic nitrogens is 1. The minimum absolute atomic E-state index is 0.137. The van der Waals surface area contributed by atoms with Gasteiger partial charge in [0.2, 0.25) is 5.91 Å². The van der Waals surface area contributed by atoms with Crippen LogP contribution in [0.5, 0.6) is 5.75 Å². The first-order chi connectivity index (χ1) is 15.0. The lowest BCUT2D eigenvalue weighted by atomic mass is 9.96. The molecule has 0 spiro atoms. The topological polar surface area (TPSA) is 75.1 Å². The molecule has 0 saturated carbocycles. The third kappa shape index (κ3) is 5.63. The van der Waals surface area contributed by atoms with E-state index >= 15 is 0 Å². The number of aliphatic hydroxyl groups is 1. The van der Waals surface area contributed by atoms with Gasteiger partial charge in [0.05, 0.1) is 30.3 Å². The normalized spacial score (nSPS) is 22.8. The molecule has 3 heterocycles. The molecule has 1 aromatic heterocycles. The molecule has 2 aromatic rings. The van der Waals surface area contributed by atoms with Gasteiger partial charge in [0.15, 0.2) is 0 Å². The average molecular weight is 446 g/mol. The molecular formula is C23H31N3O4S. The number of rotatable bonds is 6. The van der Waals surface area contributed by atoms with Gasteiger partial charge >= 0.3 is 0 Å². The van der Waals surface area contributed by atoms with Gasteiger partial charge in [-0.1, -0.05) is 18.2 Å². The number of thiazole rings is 1. The summed E-state index contributed by atoms with van der Waals surface area (Å²) in [7, 11) is 0. The van der Waals surface area contributed by atoms with E-state index in [4.69, 9.17) is 9.47 Å². The predicted molar refractivity (Wildman–Crippen MR) is 119 cm³/mol. The quantitative estimate of drug-likeness (QED) is 0.737. The highest BCUT2D eigenvalue weighted by atomic mass is 32.1. The van der Waals surface area contributed by atoms with Crippen molar-refractivity contribution in [3.63, 3.8) is 0 Å². The summed E-state index contributed by atoms with van der Waals surface area (Å²) < 4.78 is 11.2. The number of likely N-dealkylation sites (tertiary alicyclic amines) is 1. The van der Waals surface area contributed by atoms with Crippen LogP contribution in [-0.2, 0) is 21.7 Å². The fourth-order valence-corrected chi connectivity index (χ4v) is 5.18. The lowest BCUT2D eigenvalue weighted by Gasteiger charge is -2.29. The van der Waals surface area contributed by atoms with Crippen molar-refractivity contribution in [2.75, 3.05) is 45.9 Å². The average Bonchev–Trinajstić information content (AvgIpc) is 3.04. The fraction of sp³-hybridized carbons (Fsp3) is 0.565. The highest BCUT2D eigenvalue weighted by molar-refractivity contribution is 7.11. The first kappa shape index (κ1) is 22.2. The van der Waals surface area contributed by atoms with Crippen LogP contribution in [0.15, 0.2) is 30.3 Å². The van der Waals surface area contributed by atoms with E-state index in [1.54, 1.807) is 0 Å². The summed E-state index contributed by atoms with van der Waals surface area (Å²) in [6.07, 6.45) is 1.88. The van der Waals surface area contributed by atoms with Gasteiger partial charge in [-0.3, -0.25) is 9.69 Å². The Labute approximate surface area is 187 Å². The molecule has 1 atom stereocenters. The standard InChI is InChI=1S/C23H31N3O4S/c1-18-20(17-30-19-6-3-2-4-7-19)31-22(24-18)23(28)8-5-10-26(11-9-23)21(27)16-25-12-14-29-15-13-25/h2-4,6-7,28H,5,8-17H2,1H3/t23-/m1/s1. The number of hydrogen-bond acceptors (Lipinski definition) is 7. The minimum Gasteiger partial charge on any atom is -0.488 e. The number of carbonyl (C=O) groups is 1. The smallest absolute Gasteiger partial charge is 0.236 e. The lowest BCUT2D eigenvalue weighted by Crippen LogP contribution is -2.45. The van der Waals surface area contributed by atoms with Crippen molar-refractivity contribution in [2.45, 2.75) is 38.4 Å². The number of para-hydroxylation sites is 1. The Balaban J connectivity index is 1.36. The Morgan fingerprint density at radius 2 is 1.97 bits per heavy atom. The van der Waals surface area contributed by atoms with E-state index in [1.165, 1.54) is 11.3 Å². The van der Waals surface area contributed by atoms with Crippen molar-refractivity contribution < 1.29 is 19.4 Å². The molecule has 0 unspecified atom stereocenters. The van der Waals surface area contributed by atoms with Crippen molar-refractivity contribution in [3.8, 4) is 5.75 Å². The van der Waals surface area contributed by atoms with Gasteiger partial charge < -0.3 is 19.5 Å². The van der Waals surface area contributed by atoms with Crippen LogP contribution >= 0.6 is 11.3 Å². The molecule has 2 aliphatic rings. The van der Waals surface area contributed by atoms with E-state index in [0.29, 0.717) is 52.3 Å². The molecule has 31 heavy (non-hydrogen) atoms. The molecule has 1 amide bonds. The maximum Gasteiger partial charge on any atom is 0.236 e. The Kier molecular flexibility index (Phi) is 7.22. The Bertz CT molecular complexity index is 869. The first-order valence-corrected chi connectivity index (χ1v) is 11.8. The fourth-order valence-electron chi connectivity index (χ4n) is 4.06. The molecule has 0 bridgehead atoms. The van der Waals surface area contributed by atoms with Crippen LogP contribution in [-0.4, -0.2) is 71.7 Å². The molecule has 1 N–H and O–H groups in total. The molecule has 0 aliphatic carbocycles. The zero-order valence-electron chi connectivity index (χ0n) is 18.1. The van der Waals surface area contributed by atoms with Crippen LogP contribution < -0.4 is 4.74 Å². The molecule has 7 nitrogen and oxygen atoms in total. The van der Waals surface area contributed by atoms with Crippen molar-refractivity contribution >= 4 is 17.2 Å². The van der Waals surface area contributed by atoms with Crippen LogP contribution in [0, 0.1) is 6.92 Å². The van der Waals surface area contributed by atoms with Crippen LogP contribution in [0.1, 0.15) is 34.8 Å². The summed E-state index contributed by atoms with van der Waals surface area (Å²) in [5, 5.41) is 12.1. The van der Waals surface area contributed by atoms with Crippen molar-refractivity contribution in [3.05, 3.63) is 45.9 Å². The SMILES string of the molecule is Cc1nc([C@@]2(O)CCCN(C(=O)CN3CCOCC3)CC2)sc1COc1ccccc1. The lowest BCUT2D eigenvalue weighted by molar-refractivity contribution is -0.133. The van der Waals surface area contributed by atoms with E-state index in [1.807, 2.05) is 42.2 Å². The third-order valence-electron chi connectivity index (χ3n) is 6.03. The van der Waals surface area contributed by atoms with Crippen LogP contribution in [0.2, 0.25) is 0 Å². The van der Waals surface area contributed by atoms with Gasteiger partial charge in [-0.25, -0.2) is 4.98 Å². The largest absolute Gasteiger partial charge is 0.488 e. The second-order valence-electron chi connectivity index (χ2n) is 8.28. The molecular weight excluding hydrogens is 414 g/mol. The molecule has 2 fully saturated rings. The van der Waals surface area contributed by atoms with Crippen LogP contribution in [0.25, 0.3) is 0 Å². The summed E-state index contributed by atoms with van der Waals surface area (Å²) in [4.78, 5) is 22.5. The summed E-state index contributed by atoms with van der Waals surface area (Å²) in [6.45, 7) is 7.04.